The number of amides is 1. The van der Waals surface area contributed by atoms with Gasteiger partial charge in [0.1, 0.15) is 0 Å². The van der Waals surface area contributed by atoms with Crippen molar-refractivity contribution in [3.8, 4) is 0 Å². The maximum atomic E-state index is 11.6. The van der Waals surface area contributed by atoms with Crippen molar-refractivity contribution in [2.24, 2.45) is 0 Å². The van der Waals surface area contributed by atoms with E-state index in [1.807, 2.05) is 26.0 Å². The molecule has 0 unspecified atom stereocenters. The van der Waals surface area contributed by atoms with Crippen LogP contribution in [-0.4, -0.2) is 50.1 Å². The molecule has 0 spiro atoms. The summed E-state index contributed by atoms with van der Waals surface area (Å²) in [5.41, 5.74) is 2.18. The number of benzene rings is 1. The number of hydrogen-bond donors (Lipinski definition) is 1. The minimum atomic E-state index is -0.383. The van der Waals surface area contributed by atoms with E-state index in [0.29, 0.717) is 6.54 Å². The second-order valence-corrected chi connectivity index (χ2v) is 5.76. The van der Waals surface area contributed by atoms with Crippen LogP contribution in [0.1, 0.15) is 26.3 Å². The highest BCUT2D eigenvalue weighted by Crippen LogP contribution is 2.19. The molecule has 0 aliphatic carbocycles. The number of morpholine rings is 1. The fraction of sp³-hybridized carbons (Fsp3) is 0.588. The van der Waals surface area contributed by atoms with Gasteiger partial charge >= 0.3 is 6.09 Å². The molecule has 2 rings (SSSR count). The molecular weight excluding hydrogens is 294 g/mol. The Bertz CT molecular complexity index is 502. The van der Waals surface area contributed by atoms with Crippen LogP contribution in [0.2, 0.25) is 0 Å². The zero-order valence-corrected chi connectivity index (χ0v) is 14.2. The van der Waals surface area contributed by atoms with Gasteiger partial charge in [-0.25, -0.2) is 9.80 Å². The summed E-state index contributed by atoms with van der Waals surface area (Å²) in [5, 5.41) is 7.35. The van der Waals surface area contributed by atoms with Gasteiger partial charge in [-0.2, -0.15) is 0 Å². The Kier molecular flexibility index (Phi) is 6.67. The van der Waals surface area contributed by atoms with Crippen LogP contribution in [0.25, 0.3) is 0 Å². The molecule has 1 fully saturated rings. The summed E-state index contributed by atoms with van der Waals surface area (Å²) >= 11 is 0. The standard InChI is InChI=1S/C17H27N3O3/c1-4-20(19-8-10-22-11-9-19)16-7-5-6-15(12-16)13-18-17(21)23-14(2)3/h5-7,12,14H,4,8-11,13H2,1-3H3,(H,18,21). The fourth-order valence-electron chi connectivity index (χ4n) is 2.60. The number of ether oxygens (including phenoxy) is 2. The van der Waals surface area contributed by atoms with Crippen molar-refractivity contribution in [1.29, 1.82) is 0 Å². The van der Waals surface area contributed by atoms with Crippen LogP contribution in [0.15, 0.2) is 24.3 Å². The Labute approximate surface area is 138 Å². The van der Waals surface area contributed by atoms with Gasteiger partial charge in [0.15, 0.2) is 0 Å². The third kappa shape index (κ3) is 5.41. The molecular formula is C17H27N3O3. The van der Waals surface area contributed by atoms with Gasteiger partial charge in [-0.3, -0.25) is 0 Å². The zero-order chi connectivity index (χ0) is 16.7. The second-order valence-electron chi connectivity index (χ2n) is 5.76. The Morgan fingerprint density at radius 2 is 2.13 bits per heavy atom. The third-order valence-electron chi connectivity index (χ3n) is 3.62. The summed E-state index contributed by atoms with van der Waals surface area (Å²) in [6.45, 7) is 10.5. The maximum absolute atomic E-state index is 11.6. The maximum Gasteiger partial charge on any atom is 0.407 e. The highest BCUT2D eigenvalue weighted by molar-refractivity contribution is 5.67. The molecule has 1 N–H and O–H groups in total. The highest BCUT2D eigenvalue weighted by Gasteiger charge is 2.17. The molecule has 1 aliphatic heterocycles. The predicted molar refractivity (Wildman–Crippen MR) is 90.3 cm³/mol. The van der Waals surface area contributed by atoms with Crippen molar-refractivity contribution in [2.45, 2.75) is 33.4 Å². The second kappa shape index (κ2) is 8.74. The van der Waals surface area contributed by atoms with E-state index in [9.17, 15) is 4.79 Å². The molecule has 0 radical (unpaired) electrons. The largest absolute Gasteiger partial charge is 0.447 e. The number of hydrazine groups is 1. The van der Waals surface area contributed by atoms with Gasteiger partial charge < -0.3 is 19.8 Å². The van der Waals surface area contributed by atoms with Crippen LogP contribution in [-0.2, 0) is 16.0 Å². The van der Waals surface area contributed by atoms with Crippen molar-refractivity contribution in [3.63, 3.8) is 0 Å². The van der Waals surface area contributed by atoms with Crippen molar-refractivity contribution < 1.29 is 14.3 Å². The molecule has 1 heterocycles. The number of anilines is 1. The van der Waals surface area contributed by atoms with Crippen molar-refractivity contribution in [3.05, 3.63) is 29.8 Å². The molecule has 6 nitrogen and oxygen atoms in total. The van der Waals surface area contributed by atoms with Crippen molar-refractivity contribution in [2.75, 3.05) is 37.9 Å². The lowest BCUT2D eigenvalue weighted by molar-refractivity contribution is 0.0322. The van der Waals surface area contributed by atoms with Crippen LogP contribution < -0.4 is 10.3 Å². The first-order valence-corrected chi connectivity index (χ1v) is 8.23. The van der Waals surface area contributed by atoms with Gasteiger partial charge in [-0.15, -0.1) is 0 Å². The smallest absolute Gasteiger partial charge is 0.407 e. The molecule has 1 amide bonds. The summed E-state index contributed by atoms with van der Waals surface area (Å²) in [4.78, 5) is 11.6. The van der Waals surface area contributed by atoms with Crippen LogP contribution in [0, 0.1) is 0 Å². The first-order valence-electron chi connectivity index (χ1n) is 8.23. The van der Waals surface area contributed by atoms with Crippen LogP contribution >= 0.6 is 0 Å². The molecule has 1 aliphatic rings. The molecule has 1 saturated heterocycles. The van der Waals surface area contributed by atoms with Crippen molar-refractivity contribution in [1.82, 2.24) is 10.3 Å². The molecule has 23 heavy (non-hydrogen) atoms. The summed E-state index contributed by atoms with van der Waals surface area (Å²) in [6, 6.07) is 8.22. The zero-order valence-electron chi connectivity index (χ0n) is 14.2. The minimum Gasteiger partial charge on any atom is -0.447 e. The fourth-order valence-corrected chi connectivity index (χ4v) is 2.60. The molecule has 0 aromatic heterocycles. The van der Waals surface area contributed by atoms with E-state index in [0.717, 1.165) is 44.1 Å². The first kappa shape index (κ1) is 17.6. The summed E-state index contributed by atoms with van der Waals surface area (Å²) in [6.07, 6.45) is -0.496. The van der Waals surface area contributed by atoms with E-state index in [4.69, 9.17) is 9.47 Å². The SMILES string of the molecule is CCN(c1cccc(CNC(=O)OC(C)C)c1)N1CCOCC1. The topological polar surface area (TPSA) is 54.0 Å². The average Bonchev–Trinajstić information content (AvgIpc) is 2.54. The summed E-state index contributed by atoms with van der Waals surface area (Å²) in [7, 11) is 0. The number of rotatable bonds is 6. The molecule has 1 aromatic rings. The molecule has 0 atom stereocenters. The van der Waals surface area contributed by atoms with E-state index in [1.54, 1.807) is 0 Å². The van der Waals surface area contributed by atoms with Gasteiger partial charge in [0.25, 0.3) is 0 Å². The van der Waals surface area contributed by atoms with E-state index < -0.39 is 0 Å². The van der Waals surface area contributed by atoms with Gasteiger partial charge in [0.05, 0.1) is 25.0 Å². The van der Waals surface area contributed by atoms with Crippen molar-refractivity contribution >= 4 is 11.8 Å². The van der Waals surface area contributed by atoms with Gasteiger partial charge in [-0.1, -0.05) is 12.1 Å². The van der Waals surface area contributed by atoms with Crippen LogP contribution in [0.3, 0.4) is 0 Å². The predicted octanol–water partition coefficient (Wildman–Crippen LogP) is 2.39. The highest BCUT2D eigenvalue weighted by atomic mass is 16.6. The summed E-state index contributed by atoms with van der Waals surface area (Å²) in [5.74, 6) is 0. The number of nitrogens with one attached hydrogen (secondary N) is 1. The lowest BCUT2D eigenvalue weighted by Crippen LogP contribution is -2.49. The monoisotopic (exact) mass is 321 g/mol. The van der Waals surface area contributed by atoms with E-state index in [1.165, 1.54) is 0 Å². The average molecular weight is 321 g/mol. The number of alkyl carbamates (subject to hydrolysis) is 1. The molecule has 0 bridgehead atoms. The lowest BCUT2D eigenvalue weighted by atomic mass is 10.2. The Balaban J connectivity index is 1.98. The number of carbonyl (C=O) groups excluding carboxylic acids is 1. The Morgan fingerprint density at radius 3 is 2.78 bits per heavy atom. The number of hydrogen-bond acceptors (Lipinski definition) is 5. The van der Waals surface area contributed by atoms with Gasteiger partial charge in [0.2, 0.25) is 0 Å². The Hall–Kier alpha value is -1.79. The molecule has 6 heteroatoms. The van der Waals surface area contributed by atoms with E-state index >= 15 is 0 Å². The lowest BCUT2D eigenvalue weighted by Gasteiger charge is -2.38. The Morgan fingerprint density at radius 1 is 1.39 bits per heavy atom. The first-order chi connectivity index (χ1) is 11.1. The van der Waals surface area contributed by atoms with E-state index in [2.05, 4.69) is 34.4 Å². The number of carbonyl (C=O) groups is 1. The molecule has 1 aromatic carbocycles. The van der Waals surface area contributed by atoms with Gasteiger partial charge in [0, 0.05) is 26.2 Å². The van der Waals surface area contributed by atoms with E-state index in [-0.39, 0.29) is 12.2 Å². The normalized spacial score (nSPS) is 15.5. The van der Waals surface area contributed by atoms with Gasteiger partial charge in [-0.05, 0) is 38.5 Å². The minimum absolute atomic E-state index is 0.113. The number of nitrogens with zero attached hydrogens (tertiary/aromatic N) is 2. The third-order valence-corrected chi connectivity index (χ3v) is 3.62. The van der Waals surface area contributed by atoms with Crippen LogP contribution in [0.4, 0.5) is 10.5 Å². The quantitative estimate of drug-likeness (QED) is 0.872. The molecule has 0 saturated carbocycles. The molecule has 128 valence electrons. The summed E-state index contributed by atoms with van der Waals surface area (Å²) < 4.78 is 10.5. The van der Waals surface area contributed by atoms with Crippen LogP contribution in [0.5, 0.6) is 0 Å².